The molecule has 0 radical (unpaired) electrons. The highest BCUT2D eigenvalue weighted by atomic mass is 16.5. The summed E-state index contributed by atoms with van der Waals surface area (Å²) in [5, 5.41) is 6.77. The van der Waals surface area contributed by atoms with Crippen LogP contribution in [0.3, 0.4) is 0 Å². The summed E-state index contributed by atoms with van der Waals surface area (Å²) >= 11 is 0. The van der Waals surface area contributed by atoms with E-state index in [4.69, 9.17) is 9.72 Å². The van der Waals surface area contributed by atoms with Crippen molar-refractivity contribution in [1.29, 1.82) is 0 Å². The third-order valence-electron chi connectivity index (χ3n) is 4.70. The van der Waals surface area contributed by atoms with Gasteiger partial charge in [0.1, 0.15) is 0 Å². The molecule has 1 aliphatic rings. The predicted molar refractivity (Wildman–Crippen MR) is 105 cm³/mol. The monoisotopic (exact) mass is 358 g/mol. The molecule has 0 fully saturated rings. The van der Waals surface area contributed by atoms with Gasteiger partial charge in [0.2, 0.25) is 5.88 Å². The maximum absolute atomic E-state index is 5.20. The maximum atomic E-state index is 5.20. The van der Waals surface area contributed by atoms with Crippen molar-refractivity contribution in [3.8, 4) is 17.1 Å². The number of anilines is 3. The Hall–Kier alpha value is -3.61. The minimum absolute atomic E-state index is 0.542. The second-order valence-electron chi connectivity index (χ2n) is 6.39. The minimum atomic E-state index is 0.542. The first-order valence-corrected chi connectivity index (χ1v) is 8.78. The molecule has 0 amide bonds. The van der Waals surface area contributed by atoms with Gasteiger partial charge in [-0.05, 0) is 24.1 Å². The molecule has 4 heterocycles. The van der Waals surface area contributed by atoms with E-state index in [-0.39, 0.29) is 0 Å². The summed E-state index contributed by atoms with van der Waals surface area (Å²) < 4.78 is 7.18. The van der Waals surface area contributed by atoms with Crippen LogP contribution >= 0.6 is 0 Å². The Morgan fingerprint density at radius 1 is 1.15 bits per heavy atom. The van der Waals surface area contributed by atoms with Gasteiger partial charge in [0.05, 0.1) is 12.8 Å². The van der Waals surface area contributed by atoms with Gasteiger partial charge in [-0.15, -0.1) is 0 Å². The summed E-state index contributed by atoms with van der Waals surface area (Å²) in [5.41, 5.74) is 6.08. The largest absolute Gasteiger partial charge is 0.481 e. The van der Waals surface area contributed by atoms with E-state index in [1.54, 1.807) is 19.5 Å². The topological polar surface area (TPSA) is 76.4 Å². The van der Waals surface area contributed by atoms with E-state index in [2.05, 4.69) is 38.8 Å². The van der Waals surface area contributed by atoms with Gasteiger partial charge in [-0.2, -0.15) is 0 Å². The molecule has 1 aliphatic heterocycles. The van der Waals surface area contributed by atoms with Crippen molar-refractivity contribution in [2.45, 2.75) is 6.42 Å². The molecule has 0 saturated heterocycles. The lowest BCUT2D eigenvalue weighted by molar-refractivity contribution is 0.398. The zero-order valence-electron chi connectivity index (χ0n) is 14.8. The average molecular weight is 358 g/mol. The fourth-order valence-corrected chi connectivity index (χ4v) is 3.34. The number of imidazole rings is 1. The summed E-state index contributed by atoms with van der Waals surface area (Å²) in [7, 11) is 1.60. The van der Waals surface area contributed by atoms with Crippen molar-refractivity contribution in [1.82, 2.24) is 19.4 Å². The third kappa shape index (κ3) is 2.83. The second-order valence-corrected chi connectivity index (χ2v) is 6.39. The number of hydrogen-bond acceptors (Lipinski definition) is 6. The Morgan fingerprint density at radius 3 is 3.04 bits per heavy atom. The summed E-state index contributed by atoms with van der Waals surface area (Å²) in [6, 6.07) is 10.1. The minimum Gasteiger partial charge on any atom is -0.481 e. The number of benzene rings is 1. The molecular formula is C20H18N6O. The van der Waals surface area contributed by atoms with Gasteiger partial charge < -0.3 is 19.8 Å². The van der Waals surface area contributed by atoms with Crippen LogP contribution in [0.2, 0.25) is 0 Å². The lowest BCUT2D eigenvalue weighted by Crippen LogP contribution is -2.01. The second kappa shape index (κ2) is 6.28. The van der Waals surface area contributed by atoms with E-state index < -0.39 is 0 Å². The molecule has 5 rings (SSSR count). The van der Waals surface area contributed by atoms with Crippen molar-refractivity contribution >= 4 is 22.8 Å². The highest BCUT2D eigenvalue weighted by Crippen LogP contribution is 2.30. The molecule has 0 saturated carbocycles. The summed E-state index contributed by atoms with van der Waals surface area (Å²) in [6.07, 6.45) is 8.45. The van der Waals surface area contributed by atoms with E-state index in [1.807, 2.05) is 28.9 Å². The fraction of sp³-hybridized carbons (Fsp3) is 0.150. The van der Waals surface area contributed by atoms with Gasteiger partial charge in [0.25, 0.3) is 0 Å². The van der Waals surface area contributed by atoms with Crippen molar-refractivity contribution < 1.29 is 4.74 Å². The number of nitrogens with zero attached hydrogens (tertiary/aromatic N) is 4. The highest BCUT2D eigenvalue weighted by molar-refractivity contribution is 5.75. The SMILES string of the molecule is COc1cc(Nc2nc(-c3ccc4c(c3)NCC4)cn3ccnc23)ccn1. The van der Waals surface area contributed by atoms with E-state index in [0.717, 1.165) is 35.6 Å². The van der Waals surface area contributed by atoms with Gasteiger partial charge in [-0.3, -0.25) is 0 Å². The quantitative estimate of drug-likeness (QED) is 0.581. The lowest BCUT2D eigenvalue weighted by atomic mass is 10.1. The molecule has 7 nitrogen and oxygen atoms in total. The summed E-state index contributed by atoms with van der Waals surface area (Å²) in [5.74, 6) is 1.22. The molecule has 1 aromatic carbocycles. The van der Waals surface area contributed by atoms with E-state index >= 15 is 0 Å². The number of hydrogen-bond donors (Lipinski definition) is 2. The average Bonchev–Trinajstić information content (AvgIpc) is 3.36. The highest BCUT2D eigenvalue weighted by Gasteiger charge is 2.14. The van der Waals surface area contributed by atoms with E-state index in [0.29, 0.717) is 11.7 Å². The lowest BCUT2D eigenvalue weighted by Gasteiger charge is -2.11. The molecule has 0 unspecified atom stereocenters. The number of rotatable bonds is 4. The van der Waals surface area contributed by atoms with Crippen LogP contribution in [0.25, 0.3) is 16.9 Å². The van der Waals surface area contributed by atoms with E-state index in [1.165, 1.54) is 11.3 Å². The number of fused-ring (bicyclic) bond motifs is 2. The van der Waals surface area contributed by atoms with Crippen molar-refractivity contribution in [2.24, 2.45) is 0 Å². The molecule has 0 bridgehead atoms. The molecular weight excluding hydrogens is 340 g/mol. The molecule has 7 heteroatoms. The van der Waals surface area contributed by atoms with Crippen LogP contribution in [0.4, 0.5) is 17.2 Å². The third-order valence-corrected chi connectivity index (χ3v) is 4.70. The zero-order chi connectivity index (χ0) is 18.2. The van der Waals surface area contributed by atoms with E-state index in [9.17, 15) is 0 Å². The smallest absolute Gasteiger partial charge is 0.214 e. The molecule has 0 spiro atoms. The number of nitrogens with one attached hydrogen (secondary N) is 2. The molecule has 27 heavy (non-hydrogen) atoms. The number of aromatic nitrogens is 4. The summed E-state index contributed by atoms with van der Waals surface area (Å²) in [4.78, 5) is 13.4. The van der Waals surface area contributed by atoms with Gasteiger partial charge in [-0.25, -0.2) is 15.0 Å². The summed E-state index contributed by atoms with van der Waals surface area (Å²) in [6.45, 7) is 0.990. The van der Waals surface area contributed by atoms with Crippen LogP contribution in [0.1, 0.15) is 5.56 Å². The van der Waals surface area contributed by atoms with Crippen LogP contribution in [0.15, 0.2) is 55.1 Å². The van der Waals surface area contributed by atoms with Crippen molar-refractivity contribution in [3.63, 3.8) is 0 Å². The Labute approximate surface area is 156 Å². The Balaban J connectivity index is 1.59. The zero-order valence-corrected chi connectivity index (χ0v) is 14.8. The number of methoxy groups -OCH3 is 1. The Morgan fingerprint density at radius 2 is 2.11 bits per heavy atom. The Kier molecular flexibility index (Phi) is 3.64. The van der Waals surface area contributed by atoms with Gasteiger partial charge in [0, 0.05) is 54.3 Å². The van der Waals surface area contributed by atoms with Crippen LogP contribution in [-0.4, -0.2) is 33.0 Å². The Bertz CT molecular complexity index is 1140. The van der Waals surface area contributed by atoms with Crippen molar-refractivity contribution in [3.05, 3.63) is 60.7 Å². The first-order valence-electron chi connectivity index (χ1n) is 8.78. The fourth-order valence-electron chi connectivity index (χ4n) is 3.34. The van der Waals surface area contributed by atoms with Gasteiger partial charge in [-0.1, -0.05) is 12.1 Å². The van der Waals surface area contributed by atoms with Crippen LogP contribution < -0.4 is 15.4 Å². The molecule has 2 N–H and O–H groups in total. The molecule has 0 aliphatic carbocycles. The first-order chi connectivity index (χ1) is 13.3. The van der Waals surface area contributed by atoms with Gasteiger partial charge in [0.15, 0.2) is 11.5 Å². The molecule has 0 atom stereocenters. The molecule has 4 aromatic rings. The molecule has 134 valence electrons. The van der Waals surface area contributed by atoms with Gasteiger partial charge >= 0.3 is 0 Å². The first kappa shape index (κ1) is 15.6. The van der Waals surface area contributed by atoms with Crippen LogP contribution in [0.5, 0.6) is 5.88 Å². The van der Waals surface area contributed by atoms with Crippen molar-refractivity contribution in [2.75, 3.05) is 24.3 Å². The number of pyridine rings is 1. The predicted octanol–water partition coefficient (Wildman–Crippen LogP) is 3.51. The van der Waals surface area contributed by atoms with Crippen LogP contribution in [-0.2, 0) is 6.42 Å². The normalized spacial score (nSPS) is 12.6. The standard InChI is InChI=1S/C20H18N6O/c1-27-18-11-15(5-7-22-18)24-19-20-23-8-9-26(20)12-17(25-19)14-3-2-13-4-6-21-16(13)10-14/h2-3,5,7-12,21H,4,6H2,1H3,(H,22,24,25). The van der Waals surface area contributed by atoms with Crippen LogP contribution in [0, 0.1) is 0 Å². The number of ether oxygens (including phenoxy) is 1. The maximum Gasteiger partial charge on any atom is 0.214 e. The molecule has 3 aromatic heterocycles.